The summed E-state index contributed by atoms with van der Waals surface area (Å²) in [6.45, 7) is 0. The standard InChI is InChI=1S/C24H23N3OS/c1-27-22-13-6-5-12-21(22)26-23(27)15-14-18-8-7-9-19(16-18)25-24(28)17-29-20-10-3-2-4-11-20/h2-13,16H,14-15,17H2,1H3,(H,25,28). The molecule has 0 saturated heterocycles. The van der Waals surface area contributed by atoms with E-state index < -0.39 is 0 Å². The van der Waals surface area contributed by atoms with E-state index in [-0.39, 0.29) is 5.91 Å². The van der Waals surface area contributed by atoms with E-state index in [0.717, 1.165) is 40.3 Å². The van der Waals surface area contributed by atoms with Gasteiger partial charge in [0.05, 0.1) is 16.8 Å². The van der Waals surface area contributed by atoms with Gasteiger partial charge in [-0.15, -0.1) is 11.8 Å². The highest BCUT2D eigenvalue weighted by molar-refractivity contribution is 8.00. The molecular formula is C24H23N3OS. The van der Waals surface area contributed by atoms with E-state index >= 15 is 0 Å². The molecule has 4 nitrogen and oxygen atoms in total. The molecule has 0 spiro atoms. The zero-order valence-electron chi connectivity index (χ0n) is 16.3. The van der Waals surface area contributed by atoms with Crippen LogP contribution in [0.3, 0.4) is 0 Å². The number of amides is 1. The summed E-state index contributed by atoms with van der Waals surface area (Å²) in [6.07, 6.45) is 1.73. The number of aryl methyl sites for hydroxylation is 3. The van der Waals surface area contributed by atoms with Crippen LogP contribution in [-0.2, 0) is 24.7 Å². The van der Waals surface area contributed by atoms with Crippen molar-refractivity contribution in [1.29, 1.82) is 0 Å². The van der Waals surface area contributed by atoms with Gasteiger partial charge in [-0.3, -0.25) is 4.79 Å². The molecule has 0 radical (unpaired) electrons. The smallest absolute Gasteiger partial charge is 0.234 e. The number of carbonyl (C=O) groups excluding carboxylic acids is 1. The molecule has 4 rings (SSSR count). The number of para-hydroxylation sites is 2. The largest absolute Gasteiger partial charge is 0.331 e. The van der Waals surface area contributed by atoms with Gasteiger partial charge in [-0.05, 0) is 48.4 Å². The zero-order chi connectivity index (χ0) is 20.1. The van der Waals surface area contributed by atoms with Crippen LogP contribution in [-0.4, -0.2) is 21.2 Å². The molecule has 0 aliphatic heterocycles. The lowest BCUT2D eigenvalue weighted by atomic mass is 10.1. The van der Waals surface area contributed by atoms with E-state index in [9.17, 15) is 4.79 Å². The molecule has 0 atom stereocenters. The van der Waals surface area contributed by atoms with Crippen LogP contribution in [0.25, 0.3) is 11.0 Å². The van der Waals surface area contributed by atoms with Gasteiger partial charge < -0.3 is 9.88 Å². The van der Waals surface area contributed by atoms with Gasteiger partial charge >= 0.3 is 0 Å². The topological polar surface area (TPSA) is 46.9 Å². The molecule has 5 heteroatoms. The van der Waals surface area contributed by atoms with E-state index in [1.54, 1.807) is 0 Å². The summed E-state index contributed by atoms with van der Waals surface area (Å²) in [7, 11) is 2.06. The Labute approximate surface area is 175 Å². The molecule has 0 saturated carbocycles. The summed E-state index contributed by atoms with van der Waals surface area (Å²) >= 11 is 1.54. The van der Waals surface area contributed by atoms with E-state index in [1.807, 2.05) is 66.7 Å². The molecular weight excluding hydrogens is 378 g/mol. The average molecular weight is 402 g/mol. The second-order valence-corrected chi connectivity index (χ2v) is 7.97. The summed E-state index contributed by atoms with van der Waals surface area (Å²) < 4.78 is 2.15. The number of benzene rings is 3. The van der Waals surface area contributed by atoms with Crippen LogP contribution in [0.2, 0.25) is 0 Å². The second kappa shape index (κ2) is 8.97. The highest BCUT2D eigenvalue weighted by Gasteiger charge is 2.08. The molecule has 1 heterocycles. The minimum Gasteiger partial charge on any atom is -0.331 e. The lowest BCUT2D eigenvalue weighted by Crippen LogP contribution is -2.14. The van der Waals surface area contributed by atoms with Crippen LogP contribution < -0.4 is 5.32 Å². The first-order valence-corrected chi connectivity index (χ1v) is 10.6. The van der Waals surface area contributed by atoms with Crippen molar-refractivity contribution in [3.05, 3.63) is 90.3 Å². The molecule has 1 aromatic heterocycles. The van der Waals surface area contributed by atoms with Crippen LogP contribution in [0.15, 0.2) is 83.8 Å². The fraction of sp³-hybridized carbons (Fsp3) is 0.167. The Morgan fingerprint density at radius 1 is 0.966 bits per heavy atom. The first kappa shape index (κ1) is 19.3. The van der Waals surface area contributed by atoms with Crippen LogP contribution in [0.5, 0.6) is 0 Å². The molecule has 4 aromatic rings. The minimum atomic E-state index is 0.00588. The SMILES string of the molecule is Cn1c(CCc2cccc(NC(=O)CSc3ccccc3)c2)nc2ccccc21. The molecule has 0 unspecified atom stereocenters. The van der Waals surface area contributed by atoms with E-state index in [2.05, 4.69) is 29.1 Å². The number of hydrogen-bond donors (Lipinski definition) is 1. The maximum Gasteiger partial charge on any atom is 0.234 e. The van der Waals surface area contributed by atoms with Crippen molar-refractivity contribution >= 4 is 34.4 Å². The Bertz CT molecular complexity index is 1120. The number of thioether (sulfide) groups is 1. The third kappa shape index (κ3) is 4.87. The molecule has 0 aliphatic rings. The van der Waals surface area contributed by atoms with Gasteiger partial charge in [-0.1, -0.05) is 42.5 Å². The predicted molar refractivity (Wildman–Crippen MR) is 120 cm³/mol. The van der Waals surface area contributed by atoms with Crippen molar-refractivity contribution < 1.29 is 4.79 Å². The van der Waals surface area contributed by atoms with Crippen molar-refractivity contribution in [2.45, 2.75) is 17.7 Å². The normalized spacial score (nSPS) is 10.9. The maximum atomic E-state index is 12.3. The van der Waals surface area contributed by atoms with Crippen molar-refractivity contribution in [3.63, 3.8) is 0 Å². The molecule has 0 fully saturated rings. The molecule has 1 N–H and O–H groups in total. The number of imidazole rings is 1. The first-order chi connectivity index (χ1) is 14.2. The highest BCUT2D eigenvalue weighted by Crippen LogP contribution is 2.19. The van der Waals surface area contributed by atoms with E-state index in [0.29, 0.717) is 5.75 Å². The lowest BCUT2D eigenvalue weighted by Gasteiger charge is -2.08. The van der Waals surface area contributed by atoms with Crippen molar-refractivity contribution in [3.8, 4) is 0 Å². The zero-order valence-corrected chi connectivity index (χ0v) is 17.2. The number of hydrogen-bond acceptors (Lipinski definition) is 3. The summed E-state index contributed by atoms with van der Waals surface area (Å²) in [5.41, 5.74) is 4.21. The van der Waals surface area contributed by atoms with Gasteiger partial charge in [0.15, 0.2) is 0 Å². The minimum absolute atomic E-state index is 0.00588. The van der Waals surface area contributed by atoms with Gasteiger partial charge in [0.2, 0.25) is 5.91 Å². The highest BCUT2D eigenvalue weighted by atomic mass is 32.2. The van der Waals surface area contributed by atoms with E-state index in [1.165, 1.54) is 17.3 Å². The second-order valence-electron chi connectivity index (χ2n) is 6.93. The maximum absolute atomic E-state index is 12.3. The fourth-order valence-corrected chi connectivity index (χ4v) is 4.06. The van der Waals surface area contributed by atoms with Crippen LogP contribution in [0.1, 0.15) is 11.4 Å². The van der Waals surface area contributed by atoms with Gasteiger partial charge in [-0.25, -0.2) is 4.98 Å². The monoisotopic (exact) mass is 401 g/mol. The number of aromatic nitrogens is 2. The number of rotatable bonds is 7. The van der Waals surface area contributed by atoms with E-state index in [4.69, 9.17) is 4.98 Å². The van der Waals surface area contributed by atoms with Gasteiger partial charge in [0.25, 0.3) is 0 Å². The summed E-state index contributed by atoms with van der Waals surface area (Å²) in [5, 5.41) is 3.00. The quantitative estimate of drug-likeness (QED) is 0.439. The van der Waals surface area contributed by atoms with Crippen LogP contribution in [0, 0.1) is 0 Å². The molecule has 3 aromatic carbocycles. The van der Waals surface area contributed by atoms with Gasteiger partial charge in [0.1, 0.15) is 5.82 Å². The Morgan fingerprint density at radius 3 is 2.59 bits per heavy atom. The molecule has 0 aliphatic carbocycles. The van der Waals surface area contributed by atoms with Crippen molar-refractivity contribution in [1.82, 2.24) is 9.55 Å². The molecule has 0 bridgehead atoms. The lowest BCUT2D eigenvalue weighted by molar-refractivity contribution is -0.113. The molecule has 146 valence electrons. The third-order valence-corrected chi connectivity index (χ3v) is 5.85. The van der Waals surface area contributed by atoms with Crippen molar-refractivity contribution in [2.75, 3.05) is 11.1 Å². The Hall–Kier alpha value is -3.05. The third-order valence-electron chi connectivity index (χ3n) is 4.84. The number of nitrogens with one attached hydrogen (secondary N) is 1. The number of carbonyl (C=O) groups is 1. The van der Waals surface area contributed by atoms with Gasteiger partial charge in [0, 0.05) is 24.1 Å². The fourth-order valence-electron chi connectivity index (χ4n) is 3.34. The van der Waals surface area contributed by atoms with Crippen LogP contribution in [0.4, 0.5) is 5.69 Å². The Balaban J connectivity index is 1.35. The van der Waals surface area contributed by atoms with Crippen LogP contribution >= 0.6 is 11.8 Å². The molecule has 1 amide bonds. The Kier molecular flexibility index (Phi) is 5.96. The molecule has 29 heavy (non-hydrogen) atoms. The summed E-state index contributed by atoms with van der Waals surface area (Å²) in [4.78, 5) is 18.1. The number of anilines is 1. The van der Waals surface area contributed by atoms with Gasteiger partial charge in [-0.2, -0.15) is 0 Å². The first-order valence-electron chi connectivity index (χ1n) is 9.66. The summed E-state index contributed by atoms with van der Waals surface area (Å²) in [5.74, 6) is 1.47. The average Bonchev–Trinajstić information content (AvgIpc) is 3.08. The number of nitrogens with zero attached hydrogens (tertiary/aromatic N) is 2. The number of fused-ring (bicyclic) bond motifs is 1. The Morgan fingerprint density at radius 2 is 1.76 bits per heavy atom. The summed E-state index contributed by atoms with van der Waals surface area (Å²) in [6, 6.07) is 26.2. The van der Waals surface area contributed by atoms with Crippen molar-refractivity contribution in [2.24, 2.45) is 7.05 Å². The predicted octanol–water partition coefficient (Wildman–Crippen LogP) is 5.09.